The van der Waals surface area contributed by atoms with Gasteiger partial charge in [0, 0.05) is 51.0 Å². The Bertz CT molecular complexity index is 712. The highest BCUT2D eigenvalue weighted by Crippen LogP contribution is 2.21. The zero-order valence-corrected chi connectivity index (χ0v) is 15.5. The van der Waals surface area contributed by atoms with Gasteiger partial charge in [-0.3, -0.25) is 4.90 Å². The molecule has 4 heterocycles. The number of nitrogens with zero attached hydrogens (tertiary/aromatic N) is 7. The summed E-state index contributed by atoms with van der Waals surface area (Å²) in [6.07, 6.45) is 3.84. The van der Waals surface area contributed by atoms with Crippen molar-refractivity contribution in [3.05, 3.63) is 17.6 Å². The number of rotatable bonds is 4. The van der Waals surface area contributed by atoms with Crippen LogP contribution >= 0.6 is 0 Å². The first-order chi connectivity index (χ1) is 12.2. The fraction of sp³-hybridized carbons (Fsp3) is 0.722. The van der Waals surface area contributed by atoms with Crippen LogP contribution in [-0.2, 0) is 6.54 Å². The van der Waals surface area contributed by atoms with Crippen LogP contribution in [0.5, 0.6) is 0 Å². The third-order valence-corrected chi connectivity index (χ3v) is 5.42. The molecule has 0 spiro atoms. The molecule has 2 aromatic rings. The highest BCUT2D eigenvalue weighted by Gasteiger charge is 2.20. The predicted octanol–water partition coefficient (Wildman–Crippen LogP) is 1.56. The molecule has 0 atom stereocenters. The molecule has 0 N–H and O–H groups in total. The molecule has 0 aliphatic carbocycles. The van der Waals surface area contributed by atoms with Gasteiger partial charge in [0.2, 0.25) is 0 Å². The van der Waals surface area contributed by atoms with Crippen molar-refractivity contribution in [1.29, 1.82) is 0 Å². The third kappa shape index (κ3) is 3.62. The van der Waals surface area contributed by atoms with Crippen molar-refractivity contribution in [2.24, 2.45) is 0 Å². The fourth-order valence-corrected chi connectivity index (χ4v) is 3.89. The number of hydrogen-bond donors (Lipinski definition) is 0. The zero-order valence-electron chi connectivity index (χ0n) is 15.5. The summed E-state index contributed by atoms with van der Waals surface area (Å²) in [5.74, 6) is 2.78. The summed E-state index contributed by atoms with van der Waals surface area (Å²) < 4.78 is 1.95. The van der Waals surface area contributed by atoms with E-state index in [1.165, 1.54) is 19.3 Å². The monoisotopic (exact) mass is 343 g/mol. The summed E-state index contributed by atoms with van der Waals surface area (Å²) in [7, 11) is 0. The minimum Gasteiger partial charge on any atom is -0.356 e. The van der Waals surface area contributed by atoms with E-state index in [0.717, 1.165) is 75.5 Å². The van der Waals surface area contributed by atoms with Crippen molar-refractivity contribution in [2.45, 2.75) is 39.7 Å². The molecule has 4 rings (SSSR count). The van der Waals surface area contributed by atoms with E-state index in [-0.39, 0.29) is 0 Å². The molecular weight excluding hydrogens is 314 g/mol. The summed E-state index contributed by atoms with van der Waals surface area (Å²) in [5.41, 5.74) is 1.02. The van der Waals surface area contributed by atoms with Crippen LogP contribution in [0.15, 0.2) is 6.07 Å². The number of piperazine rings is 1. The molecule has 2 fully saturated rings. The summed E-state index contributed by atoms with van der Waals surface area (Å²) in [6, 6.07) is 2.15. The maximum absolute atomic E-state index is 4.81. The van der Waals surface area contributed by atoms with Gasteiger partial charge in [-0.25, -0.2) is 4.98 Å². The minimum atomic E-state index is 0.739. The van der Waals surface area contributed by atoms with E-state index in [9.17, 15) is 0 Å². The molecule has 0 bridgehead atoms. The number of likely N-dealkylation sites (N-methyl/N-ethyl adjacent to an activating group) is 1. The molecule has 2 aliphatic heterocycles. The number of piperidine rings is 1. The molecule has 0 radical (unpaired) electrons. The Labute approximate surface area is 149 Å². The lowest BCUT2D eigenvalue weighted by Crippen LogP contribution is -2.45. The average Bonchev–Trinajstić information content (AvgIpc) is 3.04. The van der Waals surface area contributed by atoms with Gasteiger partial charge >= 0.3 is 0 Å². The minimum absolute atomic E-state index is 0.739. The summed E-state index contributed by atoms with van der Waals surface area (Å²) in [5, 5.41) is 4.81. The van der Waals surface area contributed by atoms with Crippen LogP contribution in [0.2, 0.25) is 0 Å². The van der Waals surface area contributed by atoms with Crippen LogP contribution in [0.4, 0.5) is 5.82 Å². The Kier molecular flexibility index (Phi) is 4.85. The van der Waals surface area contributed by atoms with Crippen LogP contribution in [0.25, 0.3) is 5.78 Å². The quantitative estimate of drug-likeness (QED) is 0.840. The first-order valence-electron chi connectivity index (χ1n) is 9.66. The largest absolute Gasteiger partial charge is 0.356 e. The molecule has 2 saturated heterocycles. The second-order valence-electron chi connectivity index (χ2n) is 7.25. The molecule has 136 valence electrons. The maximum Gasteiger partial charge on any atom is 0.254 e. The topological polar surface area (TPSA) is 52.8 Å². The molecule has 0 aromatic carbocycles. The van der Waals surface area contributed by atoms with E-state index < -0.39 is 0 Å². The first-order valence-corrected chi connectivity index (χ1v) is 9.66. The molecular formula is C18H29N7. The smallest absolute Gasteiger partial charge is 0.254 e. The number of aryl methyl sites for hydroxylation is 1. The average molecular weight is 343 g/mol. The SMILES string of the molecule is CCN1CCN(Cc2nc3nc(C)cc(N4CCCCC4)n3n2)CC1. The fourth-order valence-electron chi connectivity index (χ4n) is 3.89. The number of anilines is 1. The van der Waals surface area contributed by atoms with E-state index in [1.54, 1.807) is 0 Å². The standard InChI is InChI=1S/C18H29N7/c1-3-22-9-11-23(12-10-22)14-16-20-18-19-15(2)13-17(25(18)21-16)24-7-5-4-6-8-24/h13H,3-12,14H2,1-2H3. The first kappa shape index (κ1) is 16.7. The number of hydrogen-bond acceptors (Lipinski definition) is 6. The van der Waals surface area contributed by atoms with Crippen molar-refractivity contribution in [2.75, 3.05) is 50.7 Å². The lowest BCUT2D eigenvalue weighted by atomic mass is 10.1. The second kappa shape index (κ2) is 7.25. The second-order valence-corrected chi connectivity index (χ2v) is 7.25. The van der Waals surface area contributed by atoms with Gasteiger partial charge in [0.15, 0.2) is 5.82 Å². The highest BCUT2D eigenvalue weighted by atomic mass is 15.4. The van der Waals surface area contributed by atoms with Gasteiger partial charge in [-0.1, -0.05) is 6.92 Å². The maximum atomic E-state index is 4.81. The molecule has 25 heavy (non-hydrogen) atoms. The highest BCUT2D eigenvalue weighted by molar-refractivity contribution is 5.47. The molecule has 0 amide bonds. The number of aromatic nitrogens is 4. The zero-order chi connectivity index (χ0) is 17.2. The summed E-state index contributed by atoms with van der Waals surface area (Å²) >= 11 is 0. The Hall–Kier alpha value is -1.73. The molecule has 2 aromatic heterocycles. The van der Waals surface area contributed by atoms with Crippen molar-refractivity contribution >= 4 is 11.6 Å². The molecule has 0 saturated carbocycles. The van der Waals surface area contributed by atoms with Crippen molar-refractivity contribution in [3.63, 3.8) is 0 Å². The lowest BCUT2D eigenvalue weighted by molar-refractivity contribution is 0.129. The van der Waals surface area contributed by atoms with E-state index in [2.05, 4.69) is 32.7 Å². The lowest BCUT2D eigenvalue weighted by Gasteiger charge is -2.33. The Morgan fingerprint density at radius 1 is 0.920 bits per heavy atom. The molecule has 2 aliphatic rings. The van der Waals surface area contributed by atoms with Crippen LogP contribution in [0, 0.1) is 6.92 Å². The predicted molar refractivity (Wildman–Crippen MR) is 99.0 cm³/mol. The van der Waals surface area contributed by atoms with E-state index in [1.807, 2.05) is 11.4 Å². The van der Waals surface area contributed by atoms with E-state index >= 15 is 0 Å². The Morgan fingerprint density at radius 3 is 2.36 bits per heavy atom. The van der Waals surface area contributed by atoms with E-state index in [0.29, 0.717) is 0 Å². The third-order valence-electron chi connectivity index (χ3n) is 5.42. The van der Waals surface area contributed by atoms with Crippen LogP contribution < -0.4 is 4.90 Å². The normalized spacial score (nSPS) is 20.5. The van der Waals surface area contributed by atoms with Gasteiger partial charge in [0.05, 0.1) is 6.54 Å². The van der Waals surface area contributed by atoms with Gasteiger partial charge in [-0.2, -0.15) is 9.50 Å². The van der Waals surface area contributed by atoms with Crippen LogP contribution in [-0.4, -0.2) is 75.2 Å². The van der Waals surface area contributed by atoms with Crippen LogP contribution in [0.1, 0.15) is 37.7 Å². The van der Waals surface area contributed by atoms with Crippen molar-refractivity contribution in [3.8, 4) is 0 Å². The van der Waals surface area contributed by atoms with Crippen molar-refractivity contribution < 1.29 is 0 Å². The molecule has 0 unspecified atom stereocenters. The van der Waals surface area contributed by atoms with Crippen molar-refractivity contribution in [1.82, 2.24) is 29.4 Å². The summed E-state index contributed by atoms with van der Waals surface area (Å²) in [4.78, 5) is 16.7. The Balaban J connectivity index is 1.55. The number of fused-ring (bicyclic) bond motifs is 1. The van der Waals surface area contributed by atoms with E-state index in [4.69, 9.17) is 10.1 Å². The van der Waals surface area contributed by atoms with Gasteiger partial charge in [0.1, 0.15) is 5.82 Å². The Morgan fingerprint density at radius 2 is 1.64 bits per heavy atom. The molecule has 7 nitrogen and oxygen atoms in total. The van der Waals surface area contributed by atoms with Crippen LogP contribution in [0.3, 0.4) is 0 Å². The van der Waals surface area contributed by atoms with Gasteiger partial charge < -0.3 is 9.80 Å². The molecule has 7 heteroatoms. The summed E-state index contributed by atoms with van der Waals surface area (Å²) in [6.45, 7) is 12.9. The van der Waals surface area contributed by atoms with Gasteiger partial charge in [-0.15, -0.1) is 5.10 Å². The van der Waals surface area contributed by atoms with Gasteiger partial charge in [0.25, 0.3) is 5.78 Å². The van der Waals surface area contributed by atoms with Gasteiger partial charge in [-0.05, 0) is 32.7 Å².